The van der Waals surface area contributed by atoms with Crippen LogP contribution in [0.25, 0.3) is 11.1 Å². The number of hydrogen-bond donors (Lipinski definition) is 3. The summed E-state index contributed by atoms with van der Waals surface area (Å²) in [5.41, 5.74) is 13.5. The molecule has 0 spiro atoms. The van der Waals surface area contributed by atoms with Crippen molar-refractivity contribution in [2.45, 2.75) is 37.3 Å². The third-order valence-corrected chi connectivity index (χ3v) is 6.61. The van der Waals surface area contributed by atoms with Gasteiger partial charge in [-0.25, -0.2) is 8.42 Å². The van der Waals surface area contributed by atoms with Gasteiger partial charge in [-0.3, -0.25) is 0 Å². The minimum atomic E-state index is -3.89. The van der Waals surface area contributed by atoms with Crippen LogP contribution >= 0.6 is 24.8 Å². The Morgan fingerprint density at radius 2 is 1.75 bits per heavy atom. The summed E-state index contributed by atoms with van der Waals surface area (Å²) in [4.78, 5) is 4.04. The maximum atomic E-state index is 13.3. The number of fused-ring (bicyclic) bond motifs is 1. The summed E-state index contributed by atoms with van der Waals surface area (Å²) >= 11 is 0. The maximum Gasteiger partial charge on any atom is 0.292 e. The number of halogens is 2. The molecule has 3 rings (SSSR count). The van der Waals surface area contributed by atoms with E-state index in [0.29, 0.717) is 17.5 Å². The normalized spacial score (nSPS) is 13.6. The zero-order chi connectivity index (χ0) is 21.9. The number of sulfonamides is 1. The average Bonchev–Trinajstić information content (AvgIpc) is 3.07. The van der Waals surface area contributed by atoms with Gasteiger partial charge < -0.3 is 21.0 Å². The molecule has 1 aromatic heterocycles. The number of anilines is 1. The molecule has 0 fully saturated rings. The van der Waals surface area contributed by atoms with E-state index in [4.69, 9.17) is 15.9 Å². The molecular weight excluding hydrogens is 475 g/mol. The summed E-state index contributed by atoms with van der Waals surface area (Å²) in [6.07, 6.45) is -0.579. The molecule has 11 heteroatoms. The standard InChI is InChI=1S/C21H28N4O4S.2ClH/c1-14(2)12-25(13-19(26)17(22)10-15-6-4-3-5-7-15)30(27,28)16-8-9-18-20(11-16)29-21(23)24-18;;/h3-9,11,14,17,19,26H,10,12-13,22H2,1-2H3,(H2,23,24);2*1H/t17-,19+;;/m0../s1. The smallest absolute Gasteiger partial charge is 0.292 e. The van der Waals surface area contributed by atoms with E-state index >= 15 is 0 Å². The highest BCUT2D eigenvalue weighted by molar-refractivity contribution is 7.89. The number of oxazole rings is 1. The Labute approximate surface area is 200 Å². The molecule has 32 heavy (non-hydrogen) atoms. The molecule has 0 aliphatic rings. The van der Waals surface area contributed by atoms with Crippen LogP contribution in [0.4, 0.5) is 6.01 Å². The Kier molecular flexibility index (Phi) is 10.4. The summed E-state index contributed by atoms with van der Waals surface area (Å²) < 4.78 is 33.2. The van der Waals surface area contributed by atoms with Gasteiger partial charge in [-0.2, -0.15) is 9.29 Å². The van der Waals surface area contributed by atoms with Crippen molar-refractivity contribution < 1.29 is 17.9 Å². The molecule has 0 radical (unpaired) electrons. The summed E-state index contributed by atoms with van der Waals surface area (Å²) in [5, 5.41) is 10.7. The van der Waals surface area contributed by atoms with Gasteiger partial charge in [-0.05, 0) is 30.0 Å². The van der Waals surface area contributed by atoms with Gasteiger partial charge in [0.25, 0.3) is 6.01 Å². The van der Waals surface area contributed by atoms with Crippen molar-refractivity contribution in [3.8, 4) is 0 Å². The largest absolute Gasteiger partial charge is 0.424 e. The molecular formula is C21H30Cl2N4O4S. The third-order valence-electron chi connectivity index (χ3n) is 4.78. The molecule has 0 bridgehead atoms. The quantitative estimate of drug-likeness (QED) is 0.407. The first kappa shape index (κ1) is 28.2. The van der Waals surface area contributed by atoms with E-state index in [0.717, 1.165) is 5.56 Å². The molecule has 2 aromatic carbocycles. The summed E-state index contributed by atoms with van der Waals surface area (Å²) in [6, 6.07) is 13.3. The number of aliphatic hydroxyl groups excluding tert-OH is 1. The van der Waals surface area contributed by atoms with E-state index in [2.05, 4.69) is 4.98 Å². The second-order valence-electron chi connectivity index (χ2n) is 7.82. The number of benzene rings is 2. The molecule has 0 unspecified atom stereocenters. The Balaban J connectivity index is 0.00000256. The van der Waals surface area contributed by atoms with E-state index < -0.39 is 22.2 Å². The van der Waals surface area contributed by atoms with Crippen molar-refractivity contribution in [2.24, 2.45) is 11.7 Å². The van der Waals surface area contributed by atoms with Crippen LogP contribution in [0.2, 0.25) is 0 Å². The number of aliphatic hydroxyl groups is 1. The van der Waals surface area contributed by atoms with Gasteiger partial charge in [0.1, 0.15) is 5.52 Å². The van der Waals surface area contributed by atoms with Crippen molar-refractivity contribution in [1.29, 1.82) is 0 Å². The number of aromatic nitrogens is 1. The molecule has 0 saturated heterocycles. The third kappa shape index (κ3) is 6.81. The predicted octanol–water partition coefficient (Wildman–Crippen LogP) is 2.83. The van der Waals surface area contributed by atoms with E-state index in [9.17, 15) is 13.5 Å². The molecule has 0 aliphatic carbocycles. The maximum absolute atomic E-state index is 13.3. The fraction of sp³-hybridized carbons (Fsp3) is 0.381. The van der Waals surface area contributed by atoms with E-state index in [1.807, 2.05) is 44.2 Å². The zero-order valence-electron chi connectivity index (χ0n) is 17.9. The molecule has 8 nitrogen and oxygen atoms in total. The predicted molar refractivity (Wildman–Crippen MR) is 131 cm³/mol. The van der Waals surface area contributed by atoms with Crippen molar-refractivity contribution >= 4 is 52.0 Å². The topological polar surface area (TPSA) is 136 Å². The Morgan fingerprint density at radius 3 is 2.38 bits per heavy atom. The Bertz CT molecular complexity index is 1090. The average molecular weight is 505 g/mol. The number of hydrogen-bond acceptors (Lipinski definition) is 7. The molecule has 0 amide bonds. The highest BCUT2D eigenvalue weighted by Crippen LogP contribution is 2.24. The van der Waals surface area contributed by atoms with Gasteiger partial charge in [-0.15, -0.1) is 24.8 Å². The van der Waals surface area contributed by atoms with Gasteiger partial charge in [0.15, 0.2) is 5.58 Å². The SMILES string of the molecule is CC(C)CN(C[C@@H](O)[C@@H](N)Cc1ccccc1)S(=O)(=O)c1ccc2nc(N)oc2c1.Cl.Cl. The Morgan fingerprint density at radius 1 is 1.09 bits per heavy atom. The van der Waals surface area contributed by atoms with Crippen LogP contribution in [0, 0.1) is 5.92 Å². The lowest BCUT2D eigenvalue weighted by Crippen LogP contribution is -2.47. The highest BCUT2D eigenvalue weighted by atomic mass is 35.5. The molecule has 2 atom stereocenters. The molecule has 178 valence electrons. The van der Waals surface area contributed by atoms with E-state index in [-0.39, 0.29) is 54.7 Å². The van der Waals surface area contributed by atoms with E-state index in [1.54, 1.807) is 6.07 Å². The zero-order valence-corrected chi connectivity index (χ0v) is 20.4. The lowest BCUT2D eigenvalue weighted by molar-refractivity contribution is 0.116. The van der Waals surface area contributed by atoms with Crippen LogP contribution < -0.4 is 11.5 Å². The van der Waals surface area contributed by atoms with Crippen LogP contribution in [-0.4, -0.2) is 48.0 Å². The molecule has 1 heterocycles. The lowest BCUT2D eigenvalue weighted by Gasteiger charge is -2.28. The van der Waals surface area contributed by atoms with Crippen LogP contribution in [0.1, 0.15) is 19.4 Å². The minimum Gasteiger partial charge on any atom is -0.424 e. The van der Waals surface area contributed by atoms with Crippen molar-refractivity contribution in [1.82, 2.24) is 9.29 Å². The molecule has 3 aromatic rings. The van der Waals surface area contributed by atoms with Gasteiger partial charge in [0.05, 0.1) is 11.0 Å². The first-order valence-electron chi connectivity index (χ1n) is 9.80. The first-order valence-corrected chi connectivity index (χ1v) is 11.2. The molecule has 0 aliphatic heterocycles. The van der Waals surface area contributed by atoms with Crippen molar-refractivity contribution in [2.75, 3.05) is 18.8 Å². The van der Waals surface area contributed by atoms with Gasteiger partial charge in [0.2, 0.25) is 10.0 Å². The minimum absolute atomic E-state index is 0. The summed E-state index contributed by atoms with van der Waals surface area (Å²) in [5.74, 6) is 0.0574. The van der Waals surface area contributed by atoms with Gasteiger partial charge in [-0.1, -0.05) is 44.2 Å². The van der Waals surface area contributed by atoms with Crippen molar-refractivity contribution in [3.63, 3.8) is 0 Å². The fourth-order valence-corrected chi connectivity index (χ4v) is 4.91. The highest BCUT2D eigenvalue weighted by Gasteiger charge is 2.30. The van der Waals surface area contributed by atoms with Crippen LogP contribution in [0.15, 0.2) is 57.8 Å². The molecule has 5 N–H and O–H groups in total. The van der Waals surface area contributed by atoms with Crippen LogP contribution in [-0.2, 0) is 16.4 Å². The fourth-order valence-electron chi connectivity index (χ4n) is 3.28. The Hall–Kier alpha value is -1.88. The number of nitrogens with zero attached hydrogens (tertiary/aromatic N) is 2. The van der Waals surface area contributed by atoms with Crippen LogP contribution in [0.5, 0.6) is 0 Å². The summed E-state index contributed by atoms with van der Waals surface area (Å²) in [7, 11) is -3.89. The second kappa shape index (κ2) is 11.8. The van der Waals surface area contributed by atoms with Crippen molar-refractivity contribution in [3.05, 3.63) is 54.1 Å². The van der Waals surface area contributed by atoms with Crippen LogP contribution in [0.3, 0.4) is 0 Å². The summed E-state index contributed by atoms with van der Waals surface area (Å²) in [6.45, 7) is 3.97. The second-order valence-corrected chi connectivity index (χ2v) is 9.76. The van der Waals surface area contributed by atoms with Gasteiger partial charge >= 0.3 is 0 Å². The monoisotopic (exact) mass is 504 g/mol. The lowest BCUT2D eigenvalue weighted by atomic mass is 10.0. The van der Waals surface area contributed by atoms with E-state index in [1.165, 1.54) is 16.4 Å². The number of nitrogens with two attached hydrogens (primary N) is 2. The molecule has 0 saturated carbocycles. The number of nitrogen functional groups attached to an aromatic ring is 1. The first-order chi connectivity index (χ1) is 14.2. The van der Waals surface area contributed by atoms with Gasteiger partial charge in [0, 0.05) is 25.2 Å². The number of rotatable bonds is 9.